The predicted molar refractivity (Wildman–Crippen MR) is 79.9 cm³/mol. The van der Waals surface area contributed by atoms with Gasteiger partial charge in [0.15, 0.2) is 0 Å². The van der Waals surface area contributed by atoms with Crippen LogP contribution in [-0.4, -0.2) is 9.55 Å². The van der Waals surface area contributed by atoms with E-state index in [0.717, 1.165) is 0 Å². The van der Waals surface area contributed by atoms with Gasteiger partial charge in [0, 0.05) is 0 Å². The second kappa shape index (κ2) is 4.82. The molecule has 1 aromatic heterocycles. The zero-order valence-corrected chi connectivity index (χ0v) is 11.5. The van der Waals surface area contributed by atoms with Crippen molar-refractivity contribution in [2.75, 3.05) is 5.73 Å². The Morgan fingerprint density at radius 1 is 1.10 bits per heavy atom. The summed E-state index contributed by atoms with van der Waals surface area (Å²) in [6.07, 6.45) is 0. The van der Waals surface area contributed by atoms with Gasteiger partial charge in [0.25, 0.3) is 0 Å². The summed E-state index contributed by atoms with van der Waals surface area (Å²) in [5.41, 5.74) is 8.54. The molecule has 2 N–H and O–H groups in total. The van der Waals surface area contributed by atoms with Crippen molar-refractivity contribution in [3.8, 4) is 17.8 Å². The smallest absolute Gasteiger partial charge is 0.205 e. The van der Waals surface area contributed by atoms with Crippen molar-refractivity contribution >= 4 is 28.6 Å². The van der Waals surface area contributed by atoms with Crippen LogP contribution in [0, 0.1) is 22.7 Å². The largest absolute Gasteiger partial charge is 0.369 e. The SMILES string of the molecule is N#Cc1ccc(-n2c(N)nc3cccc(Cl)c32)cc1C#N. The van der Waals surface area contributed by atoms with Gasteiger partial charge >= 0.3 is 0 Å². The van der Waals surface area contributed by atoms with Gasteiger partial charge < -0.3 is 5.73 Å². The summed E-state index contributed by atoms with van der Waals surface area (Å²) in [5.74, 6) is 0.270. The number of hydrogen-bond acceptors (Lipinski definition) is 4. The fraction of sp³-hybridized carbons (Fsp3) is 0. The first-order chi connectivity index (χ1) is 10.2. The first-order valence-electron chi connectivity index (χ1n) is 6.02. The summed E-state index contributed by atoms with van der Waals surface area (Å²) in [4.78, 5) is 4.26. The molecule has 3 aromatic rings. The Bertz CT molecular complexity index is 943. The summed E-state index contributed by atoms with van der Waals surface area (Å²) < 4.78 is 1.67. The number of aromatic nitrogens is 2. The van der Waals surface area contributed by atoms with Crippen molar-refractivity contribution in [3.63, 3.8) is 0 Å². The highest BCUT2D eigenvalue weighted by Gasteiger charge is 2.14. The maximum absolute atomic E-state index is 9.13. The van der Waals surface area contributed by atoms with Crippen LogP contribution in [0.15, 0.2) is 36.4 Å². The molecular weight excluding hydrogens is 286 g/mol. The Balaban J connectivity index is 2.34. The van der Waals surface area contributed by atoms with Crippen LogP contribution in [0.4, 0.5) is 5.95 Å². The van der Waals surface area contributed by atoms with E-state index in [1.807, 2.05) is 18.2 Å². The molecule has 0 amide bonds. The lowest BCUT2D eigenvalue weighted by Crippen LogP contribution is -2.01. The molecule has 6 heteroatoms. The molecule has 2 aromatic carbocycles. The summed E-state index contributed by atoms with van der Waals surface area (Å²) >= 11 is 6.22. The molecule has 0 aliphatic heterocycles. The lowest BCUT2D eigenvalue weighted by Gasteiger charge is -2.08. The quantitative estimate of drug-likeness (QED) is 0.746. The van der Waals surface area contributed by atoms with Crippen molar-refractivity contribution < 1.29 is 0 Å². The predicted octanol–water partition coefficient (Wildman–Crippen LogP) is 3.00. The molecule has 0 unspecified atom stereocenters. The van der Waals surface area contributed by atoms with Gasteiger partial charge in [-0.3, -0.25) is 4.57 Å². The number of nitrogens with zero attached hydrogens (tertiary/aromatic N) is 4. The summed E-state index contributed by atoms with van der Waals surface area (Å²) in [5, 5.41) is 18.6. The van der Waals surface area contributed by atoms with E-state index in [0.29, 0.717) is 27.3 Å². The number of anilines is 1. The molecule has 0 fully saturated rings. The molecule has 0 aliphatic rings. The van der Waals surface area contributed by atoms with Crippen molar-refractivity contribution in [1.82, 2.24) is 9.55 Å². The van der Waals surface area contributed by atoms with E-state index in [9.17, 15) is 0 Å². The van der Waals surface area contributed by atoms with Gasteiger partial charge in [-0.1, -0.05) is 17.7 Å². The molecule has 21 heavy (non-hydrogen) atoms. The highest BCUT2D eigenvalue weighted by atomic mass is 35.5. The van der Waals surface area contributed by atoms with Gasteiger partial charge in [-0.15, -0.1) is 0 Å². The molecular formula is C15H8ClN5. The highest BCUT2D eigenvalue weighted by molar-refractivity contribution is 6.35. The number of rotatable bonds is 1. The van der Waals surface area contributed by atoms with Gasteiger partial charge in [-0.25, -0.2) is 4.98 Å². The van der Waals surface area contributed by atoms with E-state index in [2.05, 4.69) is 4.98 Å². The van der Waals surface area contributed by atoms with E-state index in [1.54, 1.807) is 34.9 Å². The zero-order chi connectivity index (χ0) is 15.0. The highest BCUT2D eigenvalue weighted by Crippen LogP contribution is 2.29. The van der Waals surface area contributed by atoms with Crippen LogP contribution in [-0.2, 0) is 0 Å². The summed E-state index contributed by atoms with van der Waals surface area (Å²) in [6.45, 7) is 0. The van der Waals surface area contributed by atoms with Crippen LogP contribution in [0.25, 0.3) is 16.7 Å². The van der Waals surface area contributed by atoms with Crippen LogP contribution < -0.4 is 5.73 Å². The van der Waals surface area contributed by atoms with Crippen LogP contribution >= 0.6 is 11.6 Å². The number of fused-ring (bicyclic) bond motifs is 1. The molecule has 3 rings (SSSR count). The normalized spacial score (nSPS) is 10.2. The lowest BCUT2D eigenvalue weighted by molar-refractivity contribution is 1.11. The molecule has 0 saturated carbocycles. The number of nitrogen functional groups attached to an aromatic ring is 1. The molecule has 0 saturated heterocycles. The Kier molecular flexibility index (Phi) is 2.98. The molecule has 100 valence electrons. The molecule has 0 radical (unpaired) electrons. The Morgan fingerprint density at radius 2 is 1.86 bits per heavy atom. The Morgan fingerprint density at radius 3 is 2.57 bits per heavy atom. The number of hydrogen-bond donors (Lipinski definition) is 1. The van der Waals surface area contributed by atoms with E-state index in [1.165, 1.54) is 0 Å². The number of imidazole rings is 1. The third-order valence-corrected chi connectivity index (χ3v) is 3.46. The second-order valence-electron chi connectivity index (χ2n) is 4.37. The Labute approximate surface area is 125 Å². The minimum absolute atomic E-state index is 0.270. The maximum atomic E-state index is 9.13. The number of nitriles is 2. The van der Waals surface area contributed by atoms with Gasteiger partial charge in [0.2, 0.25) is 5.95 Å². The standard InChI is InChI=1S/C15H8ClN5/c16-12-2-1-3-13-14(12)21(15(19)20-13)11-5-4-9(7-17)10(6-11)8-18/h1-6H,(H2,19,20). The summed E-state index contributed by atoms with van der Waals surface area (Å²) in [7, 11) is 0. The van der Waals surface area contributed by atoms with Crippen molar-refractivity contribution in [2.45, 2.75) is 0 Å². The lowest BCUT2D eigenvalue weighted by atomic mass is 10.1. The number of benzene rings is 2. The molecule has 1 heterocycles. The zero-order valence-electron chi connectivity index (χ0n) is 10.7. The van der Waals surface area contributed by atoms with Crippen LogP contribution in [0.3, 0.4) is 0 Å². The van der Waals surface area contributed by atoms with Gasteiger partial charge in [0.05, 0.1) is 32.9 Å². The molecule has 0 bridgehead atoms. The summed E-state index contributed by atoms with van der Waals surface area (Å²) in [6, 6.07) is 14.2. The third-order valence-electron chi connectivity index (χ3n) is 3.16. The van der Waals surface area contributed by atoms with Crippen LogP contribution in [0.2, 0.25) is 5.02 Å². The number of halogens is 1. The average molecular weight is 294 g/mol. The van der Waals surface area contributed by atoms with Crippen LogP contribution in [0.1, 0.15) is 11.1 Å². The minimum Gasteiger partial charge on any atom is -0.369 e. The van der Waals surface area contributed by atoms with Gasteiger partial charge in [-0.2, -0.15) is 10.5 Å². The number of nitrogens with two attached hydrogens (primary N) is 1. The minimum atomic E-state index is 0.270. The first kappa shape index (κ1) is 13.0. The van der Waals surface area contributed by atoms with E-state index in [-0.39, 0.29) is 11.5 Å². The van der Waals surface area contributed by atoms with Crippen molar-refractivity contribution in [3.05, 3.63) is 52.5 Å². The van der Waals surface area contributed by atoms with E-state index < -0.39 is 0 Å². The Hall–Kier alpha value is -3.02. The molecule has 0 spiro atoms. The average Bonchev–Trinajstić information content (AvgIpc) is 2.84. The van der Waals surface area contributed by atoms with E-state index >= 15 is 0 Å². The van der Waals surface area contributed by atoms with Crippen molar-refractivity contribution in [2.24, 2.45) is 0 Å². The fourth-order valence-corrected chi connectivity index (χ4v) is 2.48. The van der Waals surface area contributed by atoms with E-state index in [4.69, 9.17) is 27.9 Å². The topological polar surface area (TPSA) is 91.4 Å². The van der Waals surface area contributed by atoms with Gasteiger partial charge in [-0.05, 0) is 30.3 Å². The third kappa shape index (κ3) is 1.97. The fourth-order valence-electron chi connectivity index (χ4n) is 2.23. The number of para-hydroxylation sites is 1. The molecule has 5 nitrogen and oxygen atoms in total. The second-order valence-corrected chi connectivity index (χ2v) is 4.77. The van der Waals surface area contributed by atoms with Gasteiger partial charge in [0.1, 0.15) is 12.1 Å². The maximum Gasteiger partial charge on any atom is 0.205 e. The van der Waals surface area contributed by atoms with Crippen molar-refractivity contribution in [1.29, 1.82) is 10.5 Å². The van der Waals surface area contributed by atoms with Crippen LogP contribution in [0.5, 0.6) is 0 Å². The molecule has 0 aliphatic carbocycles. The molecule has 0 atom stereocenters. The first-order valence-corrected chi connectivity index (χ1v) is 6.40. The monoisotopic (exact) mass is 293 g/mol.